The Kier molecular flexibility index (Phi) is 6.09. The van der Waals surface area contributed by atoms with Crippen LogP contribution in [0.1, 0.15) is 39.2 Å². The quantitative estimate of drug-likeness (QED) is 0.462. The predicted molar refractivity (Wildman–Crippen MR) is 116 cm³/mol. The summed E-state index contributed by atoms with van der Waals surface area (Å²) in [4.78, 5) is 27.3. The average Bonchev–Trinajstić information content (AvgIpc) is 2.94. The van der Waals surface area contributed by atoms with Gasteiger partial charge in [0.05, 0.1) is 36.6 Å². The van der Waals surface area contributed by atoms with Crippen LogP contribution in [0.5, 0.6) is 11.5 Å². The summed E-state index contributed by atoms with van der Waals surface area (Å²) in [5, 5.41) is 0. The summed E-state index contributed by atoms with van der Waals surface area (Å²) < 4.78 is 35.6. The number of amides is 2. The molecule has 1 aliphatic rings. The van der Waals surface area contributed by atoms with Crippen molar-refractivity contribution in [1.29, 1.82) is 0 Å². The molecular weight excluding hydrogens is 476 g/mol. The minimum absolute atomic E-state index is 0.0615. The third kappa shape index (κ3) is 4.01. The van der Waals surface area contributed by atoms with Gasteiger partial charge in [0.2, 0.25) is 0 Å². The second-order valence-electron chi connectivity index (χ2n) is 6.82. The Labute approximate surface area is 183 Å². The van der Waals surface area contributed by atoms with Gasteiger partial charge >= 0.3 is 0 Å². The molecule has 160 valence electrons. The number of nitrogens with two attached hydrogens (primary N) is 1. The van der Waals surface area contributed by atoms with Gasteiger partial charge in [-0.15, -0.1) is 0 Å². The van der Waals surface area contributed by atoms with Gasteiger partial charge in [-0.1, -0.05) is 6.07 Å². The Morgan fingerprint density at radius 1 is 1.10 bits per heavy atom. The number of sulfone groups is 1. The Morgan fingerprint density at radius 3 is 2.33 bits per heavy atom. The topological polar surface area (TPSA) is 116 Å². The zero-order valence-corrected chi connectivity index (χ0v) is 19.0. The Bertz CT molecular complexity index is 1090. The third-order valence-electron chi connectivity index (χ3n) is 4.70. The van der Waals surface area contributed by atoms with E-state index in [0.717, 1.165) is 11.2 Å². The van der Waals surface area contributed by atoms with E-state index in [1.165, 1.54) is 13.2 Å². The monoisotopic (exact) mass is 496 g/mol. The number of nitrogen functional groups attached to an aromatic ring is 1. The molecule has 0 radical (unpaired) electrons. The lowest BCUT2D eigenvalue weighted by molar-refractivity contribution is 0.0597. The summed E-state index contributed by atoms with van der Waals surface area (Å²) in [6, 6.07) is 6.83. The van der Waals surface area contributed by atoms with Crippen LogP contribution in [0.15, 0.2) is 34.8 Å². The second kappa shape index (κ2) is 8.27. The molecule has 0 bridgehead atoms. The van der Waals surface area contributed by atoms with Crippen LogP contribution in [0.4, 0.5) is 5.69 Å². The smallest absolute Gasteiger partial charge is 0.264 e. The highest BCUT2D eigenvalue weighted by molar-refractivity contribution is 9.10. The summed E-state index contributed by atoms with van der Waals surface area (Å²) in [6.45, 7) is 2.15. The van der Waals surface area contributed by atoms with E-state index in [1.807, 2.05) is 0 Å². The maximum absolute atomic E-state index is 13.2. The largest absolute Gasteiger partial charge is 0.493 e. The van der Waals surface area contributed by atoms with E-state index in [4.69, 9.17) is 15.2 Å². The number of anilines is 1. The highest BCUT2D eigenvalue weighted by Gasteiger charge is 2.44. The molecule has 0 saturated carbocycles. The molecule has 0 saturated heterocycles. The number of hydrogen-bond acceptors (Lipinski definition) is 7. The number of nitrogens with zero attached hydrogens (tertiary/aromatic N) is 1. The first kappa shape index (κ1) is 22.1. The molecule has 0 spiro atoms. The van der Waals surface area contributed by atoms with Gasteiger partial charge in [0.1, 0.15) is 9.84 Å². The van der Waals surface area contributed by atoms with Crippen molar-refractivity contribution in [2.24, 2.45) is 0 Å². The highest BCUT2D eigenvalue weighted by Crippen LogP contribution is 2.40. The van der Waals surface area contributed by atoms with Gasteiger partial charge in [-0.05, 0) is 52.7 Å². The van der Waals surface area contributed by atoms with Crippen molar-refractivity contribution in [3.05, 3.63) is 51.5 Å². The third-order valence-corrected chi connectivity index (χ3v) is 6.28. The van der Waals surface area contributed by atoms with Gasteiger partial charge in [0, 0.05) is 16.4 Å². The van der Waals surface area contributed by atoms with E-state index in [2.05, 4.69) is 15.9 Å². The molecule has 2 aromatic carbocycles. The second-order valence-corrected chi connectivity index (χ2v) is 9.86. The number of carbonyl (C=O) groups is 2. The lowest BCUT2D eigenvalue weighted by atomic mass is 10.1. The van der Waals surface area contributed by atoms with Crippen LogP contribution < -0.4 is 15.2 Å². The molecule has 0 aromatic heterocycles. The van der Waals surface area contributed by atoms with E-state index >= 15 is 0 Å². The van der Waals surface area contributed by atoms with Gasteiger partial charge in [0.25, 0.3) is 11.8 Å². The molecule has 2 aromatic rings. The molecule has 1 heterocycles. The van der Waals surface area contributed by atoms with Crippen molar-refractivity contribution < 1.29 is 27.5 Å². The molecule has 1 aliphatic heterocycles. The molecule has 8 nitrogen and oxygen atoms in total. The number of methoxy groups -OCH3 is 1. The average molecular weight is 497 g/mol. The molecule has 1 atom stereocenters. The van der Waals surface area contributed by atoms with E-state index in [0.29, 0.717) is 28.1 Å². The Balaban J connectivity index is 2.16. The van der Waals surface area contributed by atoms with Crippen LogP contribution in [0.25, 0.3) is 0 Å². The molecular formula is C20H21BrN2O6S. The molecule has 2 amide bonds. The lowest BCUT2D eigenvalue weighted by Crippen LogP contribution is -2.37. The first-order valence-electron chi connectivity index (χ1n) is 9.03. The van der Waals surface area contributed by atoms with Crippen molar-refractivity contribution in [1.82, 2.24) is 4.90 Å². The molecule has 0 aliphatic carbocycles. The molecule has 30 heavy (non-hydrogen) atoms. The number of hydrogen-bond donors (Lipinski definition) is 1. The zero-order valence-electron chi connectivity index (χ0n) is 16.6. The van der Waals surface area contributed by atoms with Gasteiger partial charge in [0.15, 0.2) is 11.5 Å². The molecule has 2 N–H and O–H groups in total. The summed E-state index contributed by atoms with van der Waals surface area (Å²) in [5.41, 5.74) is 6.71. The minimum atomic E-state index is -3.57. The maximum Gasteiger partial charge on any atom is 0.264 e. The summed E-state index contributed by atoms with van der Waals surface area (Å²) in [5.74, 6) is -0.873. The van der Waals surface area contributed by atoms with E-state index in [-0.39, 0.29) is 16.8 Å². The number of rotatable bonds is 7. The van der Waals surface area contributed by atoms with Gasteiger partial charge in [-0.2, -0.15) is 0 Å². The fourth-order valence-corrected chi connectivity index (χ4v) is 4.84. The maximum atomic E-state index is 13.2. The molecule has 0 fully saturated rings. The van der Waals surface area contributed by atoms with Gasteiger partial charge < -0.3 is 15.2 Å². The van der Waals surface area contributed by atoms with Crippen molar-refractivity contribution in [2.75, 3.05) is 31.5 Å². The SMILES string of the molecule is CCOc1cc([C@@H](CS(C)(=O)=O)N2C(=O)c3c(N)ccc(Br)c3C2=O)ccc1OC. The number of benzene rings is 2. The summed E-state index contributed by atoms with van der Waals surface area (Å²) >= 11 is 3.28. The normalized spacial score (nSPS) is 14.6. The van der Waals surface area contributed by atoms with Crippen molar-refractivity contribution >= 4 is 43.3 Å². The fraction of sp³-hybridized carbons (Fsp3) is 0.300. The minimum Gasteiger partial charge on any atom is -0.493 e. The number of fused-ring (bicyclic) bond motifs is 1. The molecule has 10 heteroatoms. The highest BCUT2D eigenvalue weighted by atomic mass is 79.9. The molecule has 3 rings (SSSR count). The standard InChI is InChI=1S/C20H21BrN2O6S/c1-4-29-16-9-11(5-8-15(16)28-2)14(10-30(3,26)27)23-19(24)17-12(21)6-7-13(22)18(17)20(23)25/h5-9,14H,4,10,22H2,1-3H3/t14-/m1/s1. The van der Waals surface area contributed by atoms with Gasteiger partial charge in [-0.25, -0.2) is 8.42 Å². The van der Waals surface area contributed by atoms with E-state index < -0.39 is 33.4 Å². The first-order valence-corrected chi connectivity index (χ1v) is 11.9. The van der Waals surface area contributed by atoms with E-state index in [1.54, 1.807) is 31.2 Å². The summed E-state index contributed by atoms with van der Waals surface area (Å²) in [7, 11) is -2.08. The fourth-order valence-electron chi connectivity index (χ4n) is 3.42. The van der Waals surface area contributed by atoms with Crippen molar-refractivity contribution in [2.45, 2.75) is 13.0 Å². The van der Waals surface area contributed by atoms with Crippen LogP contribution in [0, 0.1) is 0 Å². The molecule has 0 unspecified atom stereocenters. The van der Waals surface area contributed by atoms with Gasteiger partial charge in [-0.3, -0.25) is 14.5 Å². The van der Waals surface area contributed by atoms with Crippen LogP contribution in [-0.4, -0.2) is 50.9 Å². The lowest BCUT2D eigenvalue weighted by Gasteiger charge is -2.27. The number of carbonyl (C=O) groups excluding carboxylic acids is 2. The number of imide groups is 1. The van der Waals surface area contributed by atoms with Crippen LogP contribution in [-0.2, 0) is 9.84 Å². The predicted octanol–water partition coefficient (Wildman–Crippen LogP) is 2.82. The number of halogens is 1. The Hall–Kier alpha value is -2.59. The van der Waals surface area contributed by atoms with E-state index in [9.17, 15) is 18.0 Å². The zero-order chi connectivity index (χ0) is 22.2. The Morgan fingerprint density at radius 2 is 1.77 bits per heavy atom. The van der Waals surface area contributed by atoms with Crippen molar-refractivity contribution in [3.63, 3.8) is 0 Å². The van der Waals surface area contributed by atoms with Crippen LogP contribution in [0.3, 0.4) is 0 Å². The van der Waals surface area contributed by atoms with Crippen LogP contribution in [0.2, 0.25) is 0 Å². The first-order chi connectivity index (χ1) is 14.1. The van der Waals surface area contributed by atoms with Crippen molar-refractivity contribution in [3.8, 4) is 11.5 Å². The summed E-state index contributed by atoms with van der Waals surface area (Å²) in [6.07, 6.45) is 1.05. The number of ether oxygens (including phenoxy) is 2. The van der Waals surface area contributed by atoms with Crippen LogP contribution >= 0.6 is 15.9 Å².